The quantitative estimate of drug-likeness (QED) is 0.892. The fourth-order valence-electron chi connectivity index (χ4n) is 4.90. The van der Waals surface area contributed by atoms with Crippen molar-refractivity contribution in [2.45, 2.75) is 59.0 Å². The Bertz CT molecular complexity index is 558. The summed E-state index contributed by atoms with van der Waals surface area (Å²) in [6.07, 6.45) is 4.25. The van der Waals surface area contributed by atoms with Gasteiger partial charge >= 0.3 is 0 Å². The standard InChI is InChI=1S/C16H25BrN2O/c1-10-13(17)12(19(5)18-10)9-16(20)14(2,3)11-6-7-15(16,4)8-11/h11,20H,6-9H2,1-5H3. The van der Waals surface area contributed by atoms with Crippen LogP contribution >= 0.6 is 15.9 Å². The molecule has 0 amide bonds. The van der Waals surface area contributed by atoms with E-state index in [1.54, 1.807) is 0 Å². The van der Waals surface area contributed by atoms with E-state index in [0.29, 0.717) is 12.3 Å². The molecular weight excluding hydrogens is 316 g/mol. The Morgan fingerprint density at radius 2 is 2.05 bits per heavy atom. The molecule has 2 aliphatic carbocycles. The highest BCUT2D eigenvalue weighted by molar-refractivity contribution is 9.10. The predicted octanol–water partition coefficient (Wildman–Crippen LogP) is 3.61. The average molecular weight is 341 g/mol. The van der Waals surface area contributed by atoms with Gasteiger partial charge in [0.05, 0.1) is 21.5 Å². The molecule has 2 aliphatic rings. The second-order valence-electron chi connectivity index (χ2n) is 7.73. The first-order valence-corrected chi connectivity index (χ1v) is 8.32. The Kier molecular flexibility index (Phi) is 2.99. The topological polar surface area (TPSA) is 38.0 Å². The zero-order chi connectivity index (χ0) is 14.9. The van der Waals surface area contributed by atoms with Gasteiger partial charge in [0.1, 0.15) is 0 Å². The molecule has 1 N–H and O–H groups in total. The summed E-state index contributed by atoms with van der Waals surface area (Å²) in [5.41, 5.74) is 1.48. The smallest absolute Gasteiger partial charge is 0.0809 e. The van der Waals surface area contributed by atoms with Gasteiger partial charge in [0, 0.05) is 13.5 Å². The van der Waals surface area contributed by atoms with Crippen molar-refractivity contribution in [3.05, 3.63) is 15.9 Å². The second-order valence-corrected chi connectivity index (χ2v) is 8.52. The van der Waals surface area contributed by atoms with Gasteiger partial charge in [-0.2, -0.15) is 5.10 Å². The monoisotopic (exact) mass is 340 g/mol. The van der Waals surface area contributed by atoms with Crippen LogP contribution in [0.2, 0.25) is 0 Å². The minimum Gasteiger partial charge on any atom is -0.388 e. The lowest BCUT2D eigenvalue weighted by Gasteiger charge is -2.51. The number of aryl methyl sites for hydroxylation is 2. The summed E-state index contributed by atoms with van der Waals surface area (Å²) >= 11 is 3.65. The van der Waals surface area contributed by atoms with Crippen LogP contribution in [-0.2, 0) is 13.5 Å². The van der Waals surface area contributed by atoms with E-state index >= 15 is 0 Å². The molecule has 2 fully saturated rings. The third-order valence-corrected chi connectivity index (χ3v) is 7.54. The summed E-state index contributed by atoms with van der Waals surface area (Å²) in [6.45, 7) is 8.78. The highest BCUT2D eigenvalue weighted by Gasteiger charge is 2.68. The molecule has 2 saturated carbocycles. The highest BCUT2D eigenvalue weighted by Crippen LogP contribution is 2.68. The zero-order valence-corrected chi connectivity index (χ0v) is 14.7. The number of nitrogens with zero attached hydrogens (tertiary/aromatic N) is 2. The van der Waals surface area contributed by atoms with Crippen LogP contribution in [0.3, 0.4) is 0 Å². The Labute approximate surface area is 129 Å². The molecule has 3 nitrogen and oxygen atoms in total. The lowest BCUT2D eigenvalue weighted by atomic mass is 9.59. The molecule has 1 aromatic rings. The van der Waals surface area contributed by atoms with Gasteiger partial charge < -0.3 is 5.11 Å². The molecule has 0 aliphatic heterocycles. The van der Waals surface area contributed by atoms with Gasteiger partial charge in [-0.25, -0.2) is 0 Å². The Morgan fingerprint density at radius 1 is 1.40 bits per heavy atom. The van der Waals surface area contributed by atoms with Crippen molar-refractivity contribution >= 4 is 15.9 Å². The minimum atomic E-state index is -0.647. The number of hydrogen-bond donors (Lipinski definition) is 1. The number of aromatic nitrogens is 2. The van der Waals surface area contributed by atoms with Gasteiger partial charge in [-0.05, 0) is 58.9 Å². The van der Waals surface area contributed by atoms with Crippen LogP contribution in [0.1, 0.15) is 51.4 Å². The Morgan fingerprint density at radius 3 is 2.50 bits per heavy atom. The van der Waals surface area contributed by atoms with Gasteiger partial charge in [-0.15, -0.1) is 0 Å². The van der Waals surface area contributed by atoms with Crippen molar-refractivity contribution in [1.82, 2.24) is 9.78 Å². The first kappa shape index (κ1) is 14.6. The van der Waals surface area contributed by atoms with Crippen molar-refractivity contribution in [3.8, 4) is 0 Å². The fourth-order valence-corrected chi connectivity index (χ4v) is 5.38. The normalized spacial score (nSPS) is 38.6. The molecule has 0 aromatic carbocycles. The fraction of sp³-hybridized carbons (Fsp3) is 0.812. The van der Waals surface area contributed by atoms with Crippen molar-refractivity contribution in [3.63, 3.8) is 0 Å². The number of aliphatic hydroxyl groups is 1. The van der Waals surface area contributed by atoms with E-state index in [1.165, 1.54) is 6.42 Å². The van der Waals surface area contributed by atoms with Crippen LogP contribution in [0.4, 0.5) is 0 Å². The molecule has 0 radical (unpaired) electrons. The maximum absolute atomic E-state index is 11.6. The first-order valence-electron chi connectivity index (χ1n) is 7.53. The van der Waals surface area contributed by atoms with E-state index in [0.717, 1.165) is 28.7 Å². The lowest BCUT2D eigenvalue weighted by molar-refractivity contribution is -0.142. The van der Waals surface area contributed by atoms with E-state index in [-0.39, 0.29) is 10.8 Å². The summed E-state index contributed by atoms with van der Waals surface area (Å²) in [5, 5.41) is 16.1. The molecule has 1 heterocycles. The van der Waals surface area contributed by atoms with Crippen LogP contribution in [0, 0.1) is 23.7 Å². The van der Waals surface area contributed by atoms with Gasteiger partial charge in [0.15, 0.2) is 0 Å². The molecule has 3 atom stereocenters. The average Bonchev–Trinajstić information content (AvgIpc) is 2.90. The van der Waals surface area contributed by atoms with Crippen molar-refractivity contribution in [2.75, 3.05) is 0 Å². The van der Waals surface area contributed by atoms with Gasteiger partial charge in [0.25, 0.3) is 0 Å². The molecule has 4 heteroatoms. The van der Waals surface area contributed by atoms with E-state index in [2.05, 4.69) is 41.8 Å². The summed E-state index contributed by atoms with van der Waals surface area (Å²) in [5.74, 6) is 0.644. The molecule has 3 unspecified atom stereocenters. The molecule has 0 saturated heterocycles. The van der Waals surface area contributed by atoms with Crippen LogP contribution in [0.25, 0.3) is 0 Å². The SMILES string of the molecule is Cc1nn(C)c(CC2(O)C3(C)CCC(C3)C2(C)C)c1Br. The van der Waals surface area contributed by atoms with Crippen LogP contribution in [0.5, 0.6) is 0 Å². The predicted molar refractivity (Wildman–Crippen MR) is 83.5 cm³/mol. The summed E-state index contributed by atoms with van der Waals surface area (Å²) in [4.78, 5) is 0. The minimum absolute atomic E-state index is 0.0301. The zero-order valence-electron chi connectivity index (χ0n) is 13.1. The molecule has 112 valence electrons. The molecule has 3 rings (SSSR count). The van der Waals surface area contributed by atoms with Crippen LogP contribution in [0.15, 0.2) is 4.47 Å². The van der Waals surface area contributed by atoms with E-state index in [1.807, 2.05) is 18.7 Å². The van der Waals surface area contributed by atoms with Gasteiger partial charge in [-0.1, -0.05) is 20.8 Å². The van der Waals surface area contributed by atoms with Crippen molar-refractivity contribution < 1.29 is 5.11 Å². The summed E-state index contributed by atoms with van der Waals surface area (Å²) in [6, 6.07) is 0. The second kappa shape index (κ2) is 4.10. The Balaban J connectivity index is 2.05. The molecule has 20 heavy (non-hydrogen) atoms. The van der Waals surface area contributed by atoms with Crippen LogP contribution < -0.4 is 0 Å². The van der Waals surface area contributed by atoms with Crippen molar-refractivity contribution in [1.29, 1.82) is 0 Å². The van der Waals surface area contributed by atoms with E-state index < -0.39 is 5.60 Å². The number of halogens is 1. The lowest BCUT2D eigenvalue weighted by Crippen LogP contribution is -2.55. The maximum Gasteiger partial charge on any atom is 0.0809 e. The number of rotatable bonds is 2. The third-order valence-electron chi connectivity index (χ3n) is 6.51. The van der Waals surface area contributed by atoms with Crippen molar-refractivity contribution in [2.24, 2.45) is 23.8 Å². The molecule has 2 bridgehead atoms. The van der Waals surface area contributed by atoms with E-state index in [9.17, 15) is 5.11 Å². The van der Waals surface area contributed by atoms with Gasteiger partial charge in [0.2, 0.25) is 0 Å². The molecule has 1 aromatic heterocycles. The van der Waals surface area contributed by atoms with Crippen LogP contribution in [-0.4, -0.2) is 20.5 Å². The maximum atomic E-state index is 11.6. The summed E-state index contributed by atoms with van der Waals surface area (Å²) < 4.78 is 2.97. The van der Waals surface area contributed by atoms with Gasteiger partial charge in [-0.3, -0.25) is 4.68 Å². The summed E-state index contributed by atoms with van der Waals surface area (Å²) in [7, 11) is 1.97. The molecular formula is C16H25BrN2O. The highest BCUT2D eigenvalue weighted by atomic mass is 79.9. The number of hydrogen-bond acceptors (Lipinski definition) is 2. The number of fused-ring (bicyclic) bond motifs is 2. The first-order chi connectivity index (χ1) is 9.12. The largest absolute Gasteiger partial charge is 0.388 e. The molecule has 0 spiro atoms. The van der Waals surface area contributed by atoms with E-state index in [4.69, 9.17) is 0 Å². The Hall–Kier alpha value is -0.350. The third kappa shape index (κ3) is 1.58.